The van der Waals surface area contributed by atoms with E-state index in [1.807, 2.05) is 46.7 Å². The molecule has 3 aromatic carbocycles. The number of rotatable bonds is 2. The van der Waals surface area contributed by atoms with E-state index in [-0.39, 0.29) is 11.9 Å². The highest BCUT2D eigenvalue weighted by Crippen LogP contribution is 2.48. The van der Waals surface area contributed by atoms with Crippen LogP contribution < -0.4 is 4.90 Å². The van der Waals surface area contributed by atoms with E-state index in [4.69, 9.17) is 0 Å². The molecule has 3 heterocycles. The average molecular weight is 407 g/mol. The molecule has 1 atom stereocenters. The Morgan fingerprint density at radius 2 is 1.57 bits per heavy atom. The van der Waals surface area contributed by atoms with Crippen molar-refractivity contribution < 1.29 is 4.79 Å². The third-order valence-corrected chi connectivity index (χ3v) is 6.69. The van der Waals surface area contributed by atoms with Gasteiger partial charge in [0, 0.05) is 28.2 Å². The molecule has 2 aromatic heterocycles. The molecule has 1 aliphatic heterocycles. The van der Waals surface area contributed by atoms with Gasteiger partial charge in [-0.1, -0.05) is 66.7 Å². The monoisotopic (exact) mass is 406 g/mol. The molecular weight excluding hydrogens is 388 g/mol. The maximum Gasteiger partial charge on any atom is 0.269 e. The van der Waals surface area contributed by atoms with Crippen molar-refractivity contribution in [2.75, 3.05) is 4.90 Å². The Morgan fingerprint density at radius 3 is 2.43 bits per heavy atom. The van der Waals surface area contributed by atoms with Crippen LogP contribution in [0.5, 0.6) is 0 Å². The molecule has 0 aliphatic carbocycles. The number of carbonyl (C=O) groups excluding carboxylic acids is 1. The number of fused-ring (bicyclic) bond motifs is 4. The summed E-state index contributed by atoms with van der Waals surface area (Å²) < 4.78 is 0. The Morgan fingerprint density at radius 1 is 0.800 bits per heavy atom. The first-order valence-electron chi connectivity index (χ1n) is 9.94. The number of aromatic nitrogens is 1. The van der Waals surface area contributed by atoms with Gasteiger partial charge in [-0.25, -0.2) is 0 Å². The molecule has 1 unspecified atom stereocenters. The molecule has 0 saturated heterocycles. The van der Waals surface area contributed by atoms with Crippen LogP contribution in [0.15, 0.2) is 96.5 Å². The first-order chi connectivity index (χ1) is 14.8. The number of para-hydroxylation sites is 2. The van der Waals surface area contributed by atoms with Crippen molar-refractivity contribution in [1.29, 1.82) is 0 Å². The number of hydrogen-bond acceptors (Lipinski definition) is 2. The molecule has 144 valence electrons. The molecule has 0 radical (unpaired) electrons. The van der Waals surface area contributed by atoms with Crippen LogP contribution in [0.3, 0.4) is 0 Å². The second-order valence-electron chi connectivity index (χ2n) is 7.45. The number of nitrogens with one attached hydrogen (secondary N) is 1. The zero-order valence-corrected chi connectivity index (χ0v) is 16.9. The number of hydrogen-bond donors (Lipinski definition) is 1. The average Bonchev–Trinajstić information content (AvgIpc) is 3.48. The van der Waals surface area contributed by atoms with Gasteiger partial charge in [-0.2, -0.15) is 0 Å². The van der Waals surface area contributed by atoms with Crippen LogP contribution in [0.4, 0.5) is 5.69 Å². The Hall–Kier alpha value is -3.63. The van der Waals surface area contributed by atoms with Crippen molar-refractivity contribution in [2.24, 2.45) is 0 Å². The van der Waals surface area contributed by atoms with Crippen molar-refractivity contribution in [2.45, 2.75) is 6.04 Å². The molecule has 0 saturated carbocycles. The topological polar surface area (TPSA) is 36.1 Å². The van der Waals surface area contributed by atoms with Crippen LogP contribution in [0.25, 0.3) is 22.0 Å². The molecule has 4 heteroatoms. The van der Waals surface area contributed by atoms with E-state index >= 15 is 0 Å². The van der Waals surface area contributed by atoms with Crippen LogP contribution >= 0.6 is 11.3 Å². The summed E-state index contributed by atoms with van der Waals surface area (Å²) in [5.41, 5.74) is 6.55. The standard InChI is InChI=1S/C26H18N2OS/c29-26(24-14-7-15-30-24)28-23-13-6-4-10-19(23)17-8-1-2-11-20(17)25(28)21-16-27-22-12-5-3-9-18(21)22/h1-16,25,27H. The van der Waals surface area contributed by atoms with E-state index in [0.717, 1.165) is 38.2 Å². The predicted molar refractivity (Wildman–Crippen MR) is 123 cm³/mol. The molecule has 1 aliphatic rings. The SMILES string of the molecule is O=C(c1cccs1)N1c2ccccc2-c2ccccc2C1c1c[nH]c2ccccc12. The summed E-state index contributed by atoms with van der Waals surface area (Å²) in [5, 5.41) is 3.10. The first kappa shape index (κ1) is 17.2. The van der Waals surface area contributed by atoms with Gasteiger partial charge in [0.2, 0.25) is 0 Å². The highest BCUT2D eigenvalue weighted by atomic mass is 32.1. The van der Waals surface area contributed by atoms with Crippen molar-refractivity contribution in [3.8, 4) is 11.1 Å². The van der Waals surface area contributed by atoms with Gasteiger partial charge in [0.05, 0.1) is 16.6 Å². The highest BCUT2D eigenvalue weighted by Gasteiger charge is 2.37. The zero-order valence-electron chi connectivity index (χ0n) is 16.1. The van der Waals surface area contributed by atoms with E-state index in [0.29, 0.717) is 0 Å². The Kier molecular flexibility index (Phi) is 3.86. The Balaban J connectivity index is 1.67. The van der Waals surface area contributed by atoms with Gasteiger partial charge in [-0.3, -0.25) is 9.69 Å². The van der Waals surface area contributed by atoms with Gasteiger partial charge in [-0.15, -0.1) is 11.3 Å². The van der Waals surface area contributed by atoms with E-state index < -0.39 is 0 Å². The number of benzene rings is 3. The van der Waals surface area contributed by atoms with Crippen molar-refractivity contribution in [3.05, 3.63) is 113 Å². The summed E-state index contributed by atoms with van der Waals surface area (Å²) >= 11 is 1.48. The number of aromatic amines is 1. The van der Waals surface area contributed by atoms with Gasteiger partial charge in [0.15, 0.2) is 0 Å². The molecule has 0 bridgehead atoms. The van der Waals surface area contributed by atoms with E-state index in [2.05, 4.69) is 59.7 Å². The minimum absolute atomic E-state index is 0.0298. The molecule has 6 rings (SSSR count). The Labute approximate surface area is 178 Å². The van der Waals surface area contributed by atoms with Crippen LogP contribution in [0.2, 0.25) is 0 Å². The maximum absolute atomic E-state index is 13.8. The second-order valence-corrected chi connectivity index (χ2v) is 8.40. The lowest BCUT2D eigenvalue weighted by molar-refractivity contribution is 0.0984. The maximum atomic E-state index is 13.8. The smallest absolute Gasteiger partial charge is 0.269 e. The van der Waals surface area contributed by atoms with Gasteiger partial charge in [-0.05, 0) is 34.7 Å². The number of nitrogens with zero attached hydrogens (tertiary/aromatic N) is 1. The van der Waals surface area contributed by atoms with Gasteiger partial charge < -0.3 is 4.98 Å². The molecule has 0 spiro atoms. The van der Waals surface area contributed by atoms with Crippen LogP contribution in [-0.2, 0) is 0 Å². The summed E-state index contributed by atoms with van der Waals surface area (Å²) in [6.45, 7) is 0. The minimum atomic E-state index is -0.207. The third kappa shape index (κ3) is 2.47. The fourth-order valence-electron chi connectivity index (χ4n) is 4.54. The lowest BCUT2D eigenvalue weighted by Gasteiger charge is -2.38. The van der Waals surface area contributed by atoms with Crippen LogP contribution in [0, 0.1) is 0 Å². The van der Waals surface area contributed by atoms with Gasteiger partial charge in [0.25, 0.3) is 5.91 Å². The van der Waals surface area contributed by atoms with Gasteiger partial charge >= 0.3 is 0 Å². The molecule has 5 aromatic rings. The molecule has 3 nitrogen and oxygen atoms in total. The van der Waals surface area contributed by atoms with E-state index in [9.17, 15) is 4.79 Å². The number of H-pyrrole nitrogens is 1. The summed E-state index contributed by atoms with van der Waals surface area (Å²) in [4.78, 5) is 19.9. The fourth-order valence-corrected chi connectivity index (χ4v) is 5.20. The molecule has 1 amide bonds. The highest BCUT2D eigenvalue weighted by molar-refractivity contribution is 7.12. The summed E-state index contributed by atoms with van der Waals surface area (Å²) in [6, 6.07) is 28.5. The minimum Gasteiger partial charge on any atom is -0.361 e. The fraction of sp³-hybridized carbons (Fsp3) is 0.0385. The van der Waals surface area contributed by atoms with E-state index in [1.165, 1.54) is 16.9 Å². The van der Waals surface area contributed by atoms with Gasteiger partial charge in [0.1, 0.15) is 0 Å². The zero-order chi connectivity index (χ0) is 20.1. The molecule has 30 heavy (non-hydrogen) atoms. The first-order valence-corrected chi connectivity index (χ1v) is 10.8. The molecular formula is C26H18N2OS. The van der Waals surface area contributed by atoms with Crippen LogP contribution in [-0.4, -0.2) is 10.9 Å². The summed E-state index contributed by atoms with van der Waals surface area (Å²) in [6.07, 6.45) is 2.05. The number of carbonyl (C=O) groups is 1. The lowest BCUT2D eigenvalue weighted by Crippen LogP contribution is -2.37. The Bertz CT molecular complexity index is 1380. The largest absolute Gasteiger partial charge is 0.361 e. The van der Waals surface area contributed by atoms with E-state index in [1.54, 1.807) is 0 Å². The summed E-state index contributed by atoms with van der Waals surface area (Å²) in [5.74, 6) is 0.0298. The van der Waals surface area contributed by atoms with Crippen molar-refractivity contribution in [1.82, 2.24) is 4.98 Å². The predicted octanol–water partition coefficient (Wildman–Crippen LogP) is 6.65. The van der Waals surface area contributed by atoms with Crippen molar-refractivity contribution in [3.63, 3.8) is 0 Å². The normalized spacial score (nSPS) is 15.1. The lowest BCUT2D eigenvalue weighted by atomic mass is 9.84. The quantitative estimate of drug-likeness (QED) is 0.350. The molecule has 1 N–H and O–H groups in total. The molecule has 0 fully saturated rings. The number of thiophene rings is 1. The second kappa shape index (κ2) is 6.71. The third-order valence-electron chi connectivity index (χ3n) is 5.83. The summed E-state index contributed by atoms with van der Waals surface area (Å²) in [7, 11) is 0. The van der Waals surface area contributed by atoms with Crippen LogP contribution in [0.1, 0.15) is 26.8 Å². The number of amides is 1. The number of anilines is 1. The van der Waals surface area contributed by atoms with Crippen molar-refractivity contribution >= 4 is 33.8 Å².